The van der Waals surface area contributed by atoms with Gasteiger partial charge in [-0.1, -0.05) is 0 Å². The van der Waals surface area contributed by atoms with Crippen LogP contribution in [0, 0.1) is 17.1 Å². The van der Waals surface area contributed by atoms with Crippen molar-refractivity contribution in [1.82, 2.24) is 4.98 Å². The number of aliphatic hydroxyl groups excluding tert-OH is 1. The van der Waals surface area contributed by atoms with Crippen LogP contribution in [-0.4, -0.2) is 10.1 Å². The highest BCUT2D eigenvalue weighted by Gasteiger charge is 2.13. The van der Waals surface area contributed by atoms with Crippen molar-refractivity contribution in [3.8, 4) is 17.5 Å². The Morgan fingerprint density at radius 1 is 1.38 bits per heavy atom. The van der Waals surface area contributed by atoms with Gasteiger partial charge in [-0.2, -0.15) is 5.26 Å². The molecule has 1 heterocycles. The summed E-state index contributed by atoms with van der Waals surface area (Å²) in [4.78, 5) is 3.92. The molecule has 0 fully saturated rings. The molecule has 16 heavy (non-hydrogen) atoms. The Labute approximate surface area is 90.6 Å². The Hall–Kier alpha value is -2.19. The first-order chi connectivity index (χ1) is 7.70. The molecule has 0 spiro atoms. The standard InChI is InChI=1S/C11H7FN2O2/c12-8-3-1-7(2-4-8)11-14-9(6-16-11)10(15)5-13/h1-4,6,10,15H. The highest BCUT2D eigenvalue weighted by atomic mass is 19.1. The Morgan fingerprint density at radius 2 is 2.06 bits per heavy atom. The van der Waals surface area contributed by atoms with Crippen LogP contribution in [0.4, 0.5) is 4.39 Å². The van der Waals surface area contributed by atoms with Gasteiger partial charge in [0.2, 0.25) is 5.89 Å². The number of nitriles is 1. The maximum Gasteiger partial charge on any atom is 0.226 e. The monoisotopic (exact) mass is 218 g/mol. The Balaban J connectivity index is 2.32. The molecule has 4 nitrogen and oxygen atoms in total. The fourth-order valence-electron chi connectivity index (χ4n) is 1.20. The van der Waals surface area contributed by atoms with E-state index in [-0.39, 0.29) is 17.4 Å². The van der Waals surface area contributed by atoms with Crippen LogP contribution in [0.5, 0.6) is 0 Å². The summed E-state index contributed by atoms with van der Waals surface area (Å²) in [5.41, 5.74) is 0.722. The van der Waals surface area contributed by atoms with Gasteiger partial charge >= 0.3 is 0 Å². The van der Waals surface area contributed by atoms with E-state index in [0.717, 1.165) is 0 Å². The average molecular weight is 218 g/mol. The highest BCUT2D eigenvalue weighted by Crippen LogP contribution is 2.21. The lowest BCUT2D eigenvalue weighted by Crippen LogP contribution is -1.92. The third-order valence-electron chi connectivity index (χ3n) is 2.02. The number of hydrogen-bond donors (Lipinski definition) is 1. The predicted molar refractivity (Wildman–Crippen MR) is 52.5 cm³/mol. The minimum Gasteiger partial charge on any atom is -0.444 e. The first-order valence-electron chi connectivity index (χ1n) is 4.50. The van der Waals surface area contributed by atoms with Gasteiger partial charge in [0, 0.05) is 5.56 Å². The summed E-state index contributed by atoms with van der Waals surface area (Å²) in [6.45, 7) is 0. The maximum absolute atomic E-state index is 12.7. The molecular weight excluding hydrogens is 211 g/mol. The van der Waals surface area contributed by atoms with Crippen molar-refractivity contribution in [2.75, 3.05) is 0 Å². The van der Waals surface area contributed by atoms with Gasteiger partial charge in [0.15, 0.2) is 6.10 Å². The van der Waals surface area contributed by atoms with E-state index in [1.807, 2.05) is 0 Å². The van der Waals surface area contributed by atoms with Crippen LogP contribution in [-0.2, 0) is 0 Å². The molecule has 0 saturated heterocycles. The zero-order valence-electron chi connectivity index (χ0n) is 8.09. The van der Waals surface area contributed by atoms with Crippen molar-refractivity contribution >= 4 is 0 Å². The van der Waals surface area contributed by atoms with E-state index in [0.29, 0.717) is 5.56 Å². The molecule has 0 radical (unpaired) electrons. The second kappa shape index (κ2) is 4.13. The summed E-state index contributed by atoms with van der Waals surface area (Å²) in [5.74, 6) is -0.114. The Bertz CT molecular complexity index is 528. The highest BCUT2D eigenvalue weighted by molar-refractivity contribution is 5.52. The molecule has 0 aliphatic carbocycles. The molecule has 0 bridgehead atoms. The molecule has 1 aromatic heterocycles. The molecule has 0 saturated carbocycles. The second-order valence-electron chi connectivity index (χ2n) is 3.12. The quantitative estimate of drug-likeness (QED) is 0.783. The Morgan fingerprint density at radius 3 is 2.69 bits per heavy atom. The number of hydrogen-bond acceptors (Lipinski definition) is 4. The van der Waals surface area contributed by atoms with E-state index in [1.54, 1.807) is 6.07 Å². The van der Waals surface area contributed by atoms with Crippen LogP contribution in [0.25, 0.3) is 11.5 Å². The summed E-state index contributed by atoms with van der Waals surface area (Å²) in [7, 11) is 0. The topological polar surface area (TPSA) is 70.0 Å². The van der Waals surface area contributed by atoms with Crippen molar-refractivity contribution in [2.24, 2.45) is 0 Å². The van der Waals surface area contributed by atoms with E-state index < -0.39 is 6.10 Å². The fraction of sp³-hybridized carbons (Fsp3) is 0.0909. The molecule has 0 amide bonds. The van der Waals surface area contributed by atoms with Crippen LogP contribution in [0.15, 0.2) is 34.9 Å². The number of aliphatic hydroxyl groups is 1. The van der Waals surface area contributed by atoms with Gasteiger partial charge in [-0.25, -0.2) is 9.37 Å². The number of oxazole rings is 1. The van der Waals surface area contributed by atoms with Gasteiger partial charge in [0.25, 0.3) is 0 Å². The third-order valence-corrected chi connectivity index (χ3v) is 2.02. The summed E-state index contributed by atoms with van der Waals surface area (Å²) in [6.07, 6.45) is -0.106. The summed E-state index contributed by atoms with van der Waals surface area (Å²) in [6, 6.07) is 7.19. The van der Waals surface area contributed by atoms with Gasteiger partial charge in [-0.15, -0.1) is 0 Å². The molecule has 0 aliphatic rings. The minimum absolute atomic E-state index is 0.141. The second-order valence-corrected chi connectivity index (χ2v) is 3.12. The molecule has 1 unspecified atom stereocenters. The van der Waals surface area contributed by atoms with Crippen LogP contribution < -0.4 is 0 Å². The molecule has 1 aromatic carbocycles. The van der Waals surface area contributed by atoms with E-state index in [4.69, 9.17) is 9.68 Å². The average Bonchev–Trinajstić information content (AvgIpc) is 2.78. The molecule has 2 aromatic rings. The van der Waals surface area contributed by atoms with Gasteiger partial charge < -0.3 is 9.52 Å². The van der Waals surface area contributed by atoms with Crippen LogP contribution in [0.3, 0.4) is 0 Å². The van der Waals surface area contributed by atoms with Crippen molar-refractivity contribution in [1.29, 1.82) is 5.26 Å². The maximum atomic E-state index is 12.7. The van der Waals surface area contributed by atoms with Gasteiger partial charge in [-0.3, -0.25) is 0 Å². The molecule has 80 valence electrons. The molecule has 5 heteroatoms. The van der Waals surface area contributed by atoms with Crippen molar-refractivity contribution < 1.29 is 13.9 Å². The number of halogens is 1. The van der Waals surface area contributed by atoms with E-state index in [9.17, 15) is 9.50 Å². The lowest BCUT2D eigenvalue weighted by molar-refractivity contribution is 0.230. The van der Waals surface area contributed by atoms with Crippen molar-refractivity contribution in [2.45, 2.75) is 6.10 Å². The van der Waals surface area contributed by atoms with E-state index in [2.05, 4.69) is 4.98 Å². The lowest BCUT2D eigenvalue weighted by atomic mass is 10.2. The zero-order valence-corrected chi connectivity index (χ0v) is 8.09. The molecule has 2 rings (SSSR count). The van der Waals surface area contributed by atoms with Crippen LogP contribution >= 0.6 is 0 Å². The fourth-order valence-corrected chi connectivity index (χ4v) is 1.20. The van der Waals surface area contributed by atoms with Crippen LogP contribution in [0.2, 0.25) is 0 Å². The summed E-state index contributed by atoms with van der Waals surface area (Å²) in [5, 5.41) is 17.7. The summed E-state index contributed by atoms with van der Waals surface area (Å²) >= 11 is 0. The zero-order chi connectivity index (χ0) is 11.5. The first kappa shape index (κ1) is 10.3. The molecule has 1 atom stereocenters. The van der Waals surface area contributed by atoms with Crippen molar-refractivity contribution in [3.05, 3.63) is 42.0 Å². The number of rotatable bonds is 2. The molecule has 1 N–H and O–H groups in total. The van der Waals surface area contributed by atoms with E-state index >= 15 is 0 Å². The third kappa shape index (κ3) is 1.92. The van der Waals surface area contributed by atoms with Gasteiger partial charge in [0.1, 0.15) is 23.8 Å². The van der Waals surface area contributed by atoms with Gasteiger partial charge in [0.05, 0.1) is 0 Å². The lowest BCUT2D eigenvalue weighted by Gasteiger charge is -1.94. The predicted octanol–water partition coefficient (Wildman–Crippen LogP) is 2.04. The minimum atomic E-state index is -1.31. The van der Waals surface area contributed by atoms with Gasteiger partial charge in [-0.05, 0) is 24.3 Å². The SMILES string of the molecule is N#CC(O)c1coc(-c2ccc(F)cc2)n1. The molecule has 0 aliphatic heterocycles. The first-order valence-corrected chi connectivity index (χ1v) is 4.50. The Kier molecular flexibility index (Phi) is 2.66. The number of aromatic nitrogens is 1. The van der Waals surface area contributed by atoms with Crippen molar-refractivity contribution in [3.63, 3.8) is 0 Å². The largest absolute Gasteiger partial charge is 0.444 e. The smallest absolute Gasteiger partial charge is 0.226 e. The van der Waals surface area contributed by atoms with E-state index in [1.165, 1.54) is 30.5 Å². The number of nitrogens with zero attached hydrogens (tertiary/aromatic N) is 2. The number of benzene rings is 1. The normalized spacial score (nSPS) is 12.1. The van der Waals surface area contributed by atoms with Crippen LogP contribution in [0.1, 0.15) is 11.8 Å². The molecular formula is C11H7FN2O2. The summed E-state index contributed by atoms with van der Waals surface area (Å²) < 4.78 is 17.7.